The molecule has 0 atom stereocenters. The van der Waals surface area contributed by atoms with E-state index in [9.17, 15) is 0 Å². The Balaban J connectivity index is 1.88. The third-order valence-electron chi connectivity index (χ3n) is 2.75. The summed E-state index contributed by atoms with van der Waals surface area (Å²) in [5.41, 5.74) is 0.518. The molecule has 1 saturated carbocycles. The average molecular weight is 273 g/mol. The number of alkyl halides is 1. The van der Waals surface area contributed by atoms with Crippen molar-refractivity contribution in [3.8, 4) is 0 Å². The zero-order chi connectivity index (χ0) is 9.86. The van der Waals surface area contributed by atoms with Gasteiger partial charge in [0.05, 0.1) is 0 Å². The van der Waals surface area contributed by atoms with Gasteiger partial charge in [0.25, 0.3) is 0 Å². The van der Waals surface area contributed by atoms with Crippen LogP contribution in [0.3, 0.4) is 0 Å². The summed E-state index contributed by atoms with van der Waals surface area (Å²) in [6.07, 6.45) is 7.67. The van der Waals surface area contributed by atoms with Crippen molar-refractivity contribution in [3.05, 3.63) is 18.5 Å². The molecule has 2 nitrogen and oxygen atoms in total. The predicted molar refractivity (Wildman–Crippen MR) is 62.8 cm³/mol. The molecule has 0 aliphatic heterocycles. The highest BCUT2D eigenvalue weighted by atomic mass is 79.9. The molecule has 0 aromatic carbocycles. The van der Waals surface area contributed by atoms with E-state index < -0.39 is 0 Å². The van der Waals surface area contributed by atoms with Gasteiger partial charge in [-0.15, -0.1) is 0 Å². The minimum Gasteiger partial charge on any atom is -0.231 e. The number of rotatable bonds is 4. The van der Waals surface area contributed by atoms with Crippen LogP contribution in [0.5, 0.6) is 0 Å². The highest BCUT2D eigenvalue weighted by Gasteiger charge is 2.35. The highest BCUT2D eigenvalue weighted by molar-refractivity contribution is 9.09. The number of halogens is 1. The summed E-state index contributed by atoms with van der Waals surface area (Å²) in [5.74, 6) is 1.14. The Bertz CT molecular complexity index is 282. The number of aromatic nitrogens is 2. The minimum absolute atomic E-state index is 0.518. The normalized spacial score (nSPS) is 18.9. The van der Waals surface area contributed by atoms with Crippen molar-refractivity contribution in [2.45, 2.75) is 24.4 Å². The minimum atomic E-state index is 0.518. The van der Waals surface area contributed by atoms with Gasteiger partial charge in [0.15, 0.2) is 5.16 Å². The fourth-order valence-electron chi connectivity index (χ4n) is 1.57. The first-order chi connectivity index (χ1) is 6.85. The molecule has 1 aliphatic carbocycles. The van der Waals surface area contributed by atoms with Crippen LogP contribution in [0.1, 0.15) is 19.3 Å². The van der Waals surface area contributed by atoms with Crippen molar-refractivity contribution in [2.75, 3.05) is 11.1 Å². The third kappa shape index (κ3) is 2.28. The second kappa shape index (κ2) is 4.62. The Kier molecular flexibility index (Phi) is 3.44. The van der Waals surface area contributed by atoms with Gasteiger partial charge in [-0.3, -0.25) is 0 Å². The summed E-state index contributed by atoms with van der Waals surface area (Å²) in [7, 11) is 0. The van der Waals surface area contributed by atoms with Crippen LogP contribution in [0.4, 0.5) is 0 Å². The molecule has 0 amide bonds. The topological polar surface area (TPSA) is 25.8 Å². The van der Waals surface area contributed by atoms with E-state index in [0.29, 0.717) is 5.41 Å². The van der Waals surface area contributed by atoms with Crippen LogP contribution in [0, 0.1) is 5.41 Å². The van der Waals surface area contributed by atoms with E-state index in [1.54, 1.807) is 24.2 Å². The SMILES string of the molecule is BrCC1(CSc2ncccn2)CCC1. The first-order valence-electron chi connectivity index (χ1n) is 4.80. The zero-order valence-corrected chi connectivity index (χ0v) is 10.4. The zero-order valence-electron chi connectivity index (χ0n) is 7.95. The lowest BCUT2D eigenvalue weighted by Gasteiger charge is -2.40. The van der Waals surface area contributed by atoms with Crippen molar-refractivity contribution in [2.24, 2.45) is 5.41 Å². The molecule has 1 aromatic rings. The first-order valence-corrected chi connectivity index (χ1v) is 6.91. The summed E-state index contributed by atoms with van der Waals surface area (Å²) in [6.45, 7) is 0. The second-order valence-corrected chi connectivity index (χ2v) is 5.31. The molecule has 76 valence electrons. The standard InChI is InChI=1S/C10H13BrN2S/c11-7-10(3-1-4-10)8-14-9-12-5-2-6-13-9/h2,5-6H,1,3-4,7-8H2. The fourth-order valence-corrected chi connectivity index (χ4v) is 3.69. The van der Waals surface area contributed by atoms with Gasteiger partial charge in [-0.05, 0) is 24.3 Å². The molecule has 0 spiro atoms. The lowest BCUT2D eigenvalue weighted by atomic mass is 9.72. The summed E-state index contributed by atoms with van der Waals surface area (Å²) in [5, 5.41) is 2.01. The lowest BCUT2D eigenvalue weighted by molar-refractivity contribution is 0.206. The van der Waals surface area contributed by atoms with E-state index >= 15 is 0 Å². The monoisotopic (exact) mass is 272 g/mol. The molecule has 4 heteroatoms. The molecular weight excluding hydrogens is 260 g/mol. The fraction of sp³-hybridized carbons (Fsp3) is 0.600. The van der Waals surface area contributed by atoms with Crippen LogP contribution < -0.4 is 0 Å². The van der Waals surface area contributed by atoms with Crippen molar-refractivity contribution in [1.29, 1.82) is 0 Å². The quantitative estimate of drug-likeness (QED) is 0.479. The summed E-state index contributed by atoms with van der Waals surface area (Å²) in [4.78, 5) is 8.42. The average Bonchev–Trinajstić information content (AvgIpc) is 2.19. The van der Waals surface area contributed by atoms with Gasteiger partial charge in [-0.25, -0.2) is 9.97 Å². The second-order valence-electron chi connectivity index (χ2n) is 3.81. The Labute approximate surface area is 97.0 Å². The van der Waals surface area contributed by atoms with Crippen molar-refractivity contribution >= 4 is 27.7 Å². The smallest absolute Gasteiger partial charge is 0.187 e. The van der Waals surface area contributed by atoms with Crippen LogP contribution >= 0.6 is 27.7 Å². The molecule has 2 rings (SSSR count). The number of hydrogen-bond donors (Lipinski definition) is 0. The van der Waals surface area contributed by atoms with E-state index in [0.717, 1.165) is 16.2 Å². The van der Waals surface area contributed by atoms with Gasteiger partial charge in [0.1, 0.15) is 0 Å². The van der Waals surface area contributed by atoms with Gasteiger partial charge >= 0.3 is 0 Å². The summed E-state index contributed by atoms with van der Waals surface area (Å²) < 4.78 is 0. The number of hydrogen-bond acceptors (Lipinski definition) is 3. The molecular formula is C10H13BrN2S. The largest absolute Gasteiger partial charge is 0.231 e. The molecule has 1 aliphatic rings. The summed E-state index contributed by atoms with van der Waals surface area (Å²) >= 11 is 5.38. The highest BCUT2D eigenvalue weighted by Crippen LogP contribution is 2.45. The molecule has 14 heavy (non-hydrogen) atoms. The molecule has 0 N–H and O–H groups in total. The van der Waals surface area contributed by atoms with Crippen LogP contribution in [0.15, 0.2) is 23.6 Å². The molecule has 1 aromatic heterocycles. The van der Waals surface area contributed by atoms with E-state index in [4.69, 9.17) is 0 Å². The van der Waals surface area contributed by atoms with Crippen LogP contribution in [0.25, 0.3) is 0 Å². The third-order valence-corrected chi connectivity index (χ3v) is 5.16. The lowest BCUT2D eigenvalue weighted by Crippen LogP contribution is -2.33. The van der Waals surface area contributed by atoms with E-state index in [1.165, 1.54) is 19.3 Å². The van der Waals surface area contributed by atoms with Crippen LogP contribution in [-0.4, -0.2) is 21.1 Å². The number of nitrogens with zero attached hydrogens (tertiary/aromatic N) is 2. The Morgan fingerprint density at radius 3 is 2.57 bits per heavy atom. The van der Waals surface area contributed by atoms with Crippen LogP contribution in [-0.2, 0) is 0 Å². The van der Waals surface area contributed by atoms with Gasteiger partial charge < -0.3 is 0 Å². The van der Waals surface area contributed by atoms with Crippen molar-refractivity contribution < 1.29 is 0 Å². The van der Waals surface area contributed by atoms with Gasteiger partial charge in [-0.2, -0.15) is 0 Å². The molecule has 0 unspecified atom stereocenters. The number of thioether (sulfide) groups is 1. The van der Waals surface area contributed by atoms with Gasteiger partial charge in [0, 0.05) is 23.5 Å². The van der Waals surface area contributed by atoms with Crippen LogP contribution in [0.2, 0.25) is 0 Å². The molecule has 0 saturated heterocycles. The molecule has 0 bridgehead atoms. The van der Waals surface area contributed by atoms with E-state index in [1.807, 2.05) is 6.07 Å². The Morgan fingerprint density at radius 1 is 1.36 bits per heavy atom. The predicted octanol–water partition coefficient (Wildman–Crippen LogP) is 3.13. The maximum absolute atomic E-state index is 4.21. The summed E-state index contributed by atoms with van der Waals surface area (Å²) in [6, 6.07) is 1.85. The Hall–Kier alpha value is -0.0900. The maximum atomic E-state index is 4.21. The van der Waals surface area contributed by atoms with E-state index in [2.05, 4.69) is 25.9 Å². The molecule has 1 fully saturated rings. The van der Waals surface area contributed by atoms with Gasteiger partial charge in [-0.1, -0.05) is 34.1 Å². The van der Waals surface area contributed by atoms with Crippen molar-refractivity contribution in [1.82, 2.24) is 9.97 Å². The van der Waals surface area contributed by atoms with Gasteiger partial charge in [0.2, 0.25) is 0 Å². The maximum Gasteiger partial charge on any atom is 0.187 e. The molecule has 0 radical (unpaired) electrons. The first kappa shape index (κ1) is 10.4. The van der Waals surface area contributed by atoms with E-state index in [-0.39, 0.29) is 0 Å². The molecule has 1 heterocycles. The van der Waals surface area contributed by atoms with Crippen molar-refractivity contribution in [3.63, 3.8) is 0 Å². The Morgan fingerprint density at radius 2 is 2.07 bits per heavy atom.